The summed E-state index contributed by atoms with van der Waals surface area (Å²) in [4.78, 5) is 0. The molecule has 6 fully saturated rings. The number of hydrogen-bond acceptors (Lipinski definition) is 23. The maximum atomic E-state index is 11.7. The average molecular weight is 791 g/mol. The highest BCUT2D eigenvalue weighted by atomic mass is 32.3. The summed E-state index contributed by atoms with van der Waals surface area (Å²) in [5, 5.41) is 83.6. The van der Waals surface area contributed by atoms with Crippen LogP contribution >= 0.6 is 0 Å². The largest absolute Gasteiger partial charge is 0.397 e. The van der Waals surface area contributed by atoms with E-state index in [4.69, 9.17) is 42.6 Å². The predicted octanol–water partition coefficient (Wildman–Crippen LogP) is -8.00. The number of rotatable bonds is 12. The molecule has 6 rings (SSSR count). The molecule has 0 amide bonds. The minimum Gasteiger partial charge on any atom is -0.394 e. The standard InChI is InChI=1S/C24H38O25S2/c25-1-5-15(48-50(33,34)35)19(10(28)21(32)41-5)46-23-12(30)18-14(8(44-23)4-40-18)45-24-13(31)20(16(6(2-26)42-24)49-51(36,37)38)47-22-11(29)17-9(27)7(43-22)3-39-17/h5-32H,1-4H2,(H,33,34,35)(H,36,37,38)/t5-,6-,7-,8-,9+,10-,11-,12-,13-,14+,15+,16+,17+,18-,19-,20-,21-,22-,23-,24+/m1/s1. The molecule has 20 atom stereocenters. The van der Waals surface area contributed by atoms with Gasteiger partial charge in [0.05, 0.1) is 26.4 Å². The van der Waals surface area contributed by atoms with E-state index in [0.29, 0.717) is 0 Å². The number of ether oxygens (including phenoxy) is 9. The maximum absolute atomic E-state index is 11.7. The molecule has 0 aromatic heterocycles. The summed E-state index contributed by atoms with van der Waals surface area (Å²) in [6, 6.07) is 0. The van der Waals surface area contributed by atoms with Crippen LogP contribution in [0.3, 0.4) is 0 Å². The third kappa shape index (κ3) is 8.21. The Labute approximate surface area is 287 Å². The molecule has 25 nitrogen and oxygen atoms in total. The topological polar surface area (TPSA) is 372 Å². The van der Waals surface area contributed by atoms with E-state index in [1.54, 1.807) is 0 Å². The molecule has 0 aromatic rings. The lowest BCUT2D eigenvalue weighted by molar-refractivity contribution is -0.370. The SMILES string of the molecule is O=S(=O)(O)O[C@@H]1[C@H](O[C@H]2O[C@@H]3CO[C@H]([C@H]2O)[C@H]3O[C@@H]2O[C@H](CO)[C@H](OS(=O)(=O)O)[C@H](O[C@H]3O[C@@H]4CO[C@@H]([C@H]4O)[C@H]3O)[C@H]2O)[C@@H](O)[C@H](O)O[C@@H]1CO. The van der Waals surface area contributed by atoms with Crippen molar-refractivity contribution in [1.82, 2.24) is 0 Å². The van der Waals surface area contributed by atoms with Gasteiger partial charge in [-0.2, -0.15) is 16.8 Å². The molecule has 0 saturated carbocycles. The van der Waals surface area contributed by atoms with Crippen LogP contribution in [-0.2, 0) is 71.8 Å². The van der Waals surface area contributed by atoms with Gasteiger partial charge < -0.3 is 83.5 Å². The second-order valence-electron chi connectivity index (χ2n) is 12.4. The molecular formula is C24H38O25S2. The highest BCUT2D eigenvalue weighted by Crippen LogP contribution is 2.39. The van der Waals surface area contributed by atoms with Crippen molar-refractivity contribution in [3.63, 3.8) is 0 Å². The van der Waals surface area contributed by atoms with Crippen LogP contribution in [-0.4, -0.2) is 216 Å². The van der Waals surface area contributed by atoms with Gasteiger partial charge in [0.15, 0.2) is 25.2 Å². The normalized spacial score (nSPS) is 50.4. The molecular weight excluding hydrogens is 752 g/mol. The Balaban J connectivity index is 1.19. The van der Waals surface area contributed by atoms with Gasteiger partial charge in [-0.25, -0.2) is 8.37 Å². The van der Waals surface area contributed by atoms with Gasteiger partial charge in [0.1, 0.15) is 97.7 Å². The lowest BCUT2D eigenvalue weighted by atomic mass is 9.96. The van der Waals surface area contributed by atoms with Gasteiger partial charge in [-0.15, -0.1) is 0 Å². The van der Waals surface area contributed by atoms with Crippen LogP contribution < -0.4 is 0 Å². The molecule has 0 aromatic carbocycles. The zero-order valence-corrected chi connectivity index (χ0v) is 27.4. The highest BCUT2D eigenvalue weighted by Gasteiger charge is 2.59. The lowest BCUT2D eigenvalue weighted by Crippen LogP contribution is -2.66. The third-order valence-electron chi connectivity index (χ3n) is 9.11. The van der Waals surface area contributed by atoms with Gasteiger partial charge in [-0.3, -0.25) is 9.11 Å². The molecule has 6 saturated heterocycles. The second kappa shape index (κ2) is 15.3. The number of aliphatic hydroxyl groups excluding tert-OH is 8. The van der Waals surface area contributed by atoms with Crippen molar-refractivity contribution in [3.05, 3.63) is 0 Å². The zero-order valence-electron chi connectivity index (χ0n) is 25.8. The fourth-order valence-corrected chi connectivity index (χ4v) is 7.78. The Kier molecular flexibility index (Phi) is 11.9. The first-order chi connectivity index (χ1) is 23.9. The zero-order chi connectivity index (χ0) is 37.2. The van der Waals surface area contributed by atoms with Crippen LogP contribution in [0.15, 0.2) is 0 Å². The van der Waals surface area contributed by atoms with E-state index in [2.05, 4.69) is 8.37 Å². The first-order valence-corrected chi connectivity index (χ1v) is 18.1. The van der Waals surface area contributed by atoms with Gasteiger partial charge in [-0.05, 0) is 0 Å². The summed E-state index contributed by atoms with van der Waals surface area (Å²) in [5.74, 6) is 0. The highest BCUT2D eigenvalue weighted by molar-refractivity contribution is 7.81. The minimum atomic E-state index is -5.29. The van der Waals surface area contributed by atoms with Crippen LogP contribution in [0, 0.1) is 0 Å². The first-order valence-electron chi connectivity index (χ1n) is 15.3. The Morgan fingerprint density at radius 2 is 0.961 bits per heavy atom. The van der Waals surface area contributed by atoms with Gasteiger partial charge >= 0.3 is 20.8 Å². The number of hydrogen-bond donors (Lipinski definition) is 10. The summed E-state index contributed by atoms with van der Waals surface area (Å²) in [6.07, 6.45) is -33.6. The molecule has 0 radical (unpaired) electrons. The predicted molar refractivity (Wildman–Crippen MR) is 148 cm³/mol. The average Bonchev–Trinajstić information content (AvgIpc) is 3.50. The Bertz CT molecular complexity index is 1420. The van der Waals surface area contributed by atoms with E-state index in [1.807, 2.05) is 0 Å². The molecule has 296 valence electrons. The van der Waals surface area contributed by atoms with Crippen molar-refractivity contribution in [2.24, 2.45) is 0 Å². The quantitative estimate of drug-likeness (QED) is 0.0821. The van der Waals surface area contributed by atoms with Crippen molar-refractivity contribution in [2.45, 2.75) is 123 Å². The molecule has 51 heavy (non-hydrogen) atoms. The van der Waals surface area contributed by atoms with Gasteiger partial charge in [0, 0.05) is 0 Å². The van der Waals surface area contributed by atoms with Crippen molar-refractivity contribution in [1.29, 1.82) is 0 Å². The van der Waals surface area contributed by atoms with Crippen LogP contribution in [0.4, 0.5) is 0 Å². The smallest absolute Gasteiger partial charge is 0.394 e. The van der Waals surface area contributed by atoms with Crippen molar-refractivity contribution in [3.8, 4) is 0 Å². The van der Waals surface area contributed by atoms with Crippen LogP contribution in [0.2, 0.25) is 0 Å². The molecule has 0 aliphatic carbocycles. The maximum Gasteiger partial charge on any atom is 0.397 e. The summed E-state index contributed by atoms with van der Waals surface area (Å²) >= 11 is 0. The van der Waals surface area contributed by atoms with E-state index in [9.17, 15) is 66.8 Å². The Morgan fingerprint density at radius 1 is 0.510 bits per heavy atom. The first kappa shape index (κ1) is 39.7. The van der Waals surface area contributed by atoms with Crippen molar-refractivity contribution < 1.29 is 118 Å². The van der Waals surface area contributed by atoms with Crippen LogP contribution in [0.5, 0.6) is 0 Å². The van der Waals surface area contributed by atoms with E-state index < -0.39 is 157 Å². The molecule has 0 spiro atoms. The van der Waals surface area contributed by atoms with Crippen molar-refractivity contribution >= 4 is 20.8 Å². The number of fused-ring (bicyclic) bond motifs is 4. The van der Waals surface area contributed by atoms with Gasteiger partial charge in [-0.1, -0.05) is 0 Å². The van der Waals surface area contributed by atoms with Crippen LogP contribution in [0.1, 0.15) is 0 Å². The fourth-order valence-electron chi connectivity index (χ4n) is 6.75. The van der Waals surface area contributed by atoms with Gasteiger partial charge in [0.25, 0.3) is 0 Å². The Hall–Kier alpha value is -0.940. The summed E-state index contributed by atoms with van der Waals surface area (Å²) in [7, 11) is -10.5. The van der Waals surface area contributed by atoms with E-state index in [-0.39, 0.29) is 13.2 Å². The van der Waals surface area contributed by atoms with E-state index >= 15 is 0 Å². The molecule has 6 aliphatic rings. The minimum absolute atomic E-state index is 0.142. The van der Waals surface area contributed by atoms with Crippen molar-refractivity contribution in [2.75, 3.05) is 26.4 Å². The van der Waals surface area contributed by atoms with Crippen LogP contribution in [0.25, 0.3) is 0 Å². The summed E-state index contributed by atoms with van der Waals surface area (Å²) in [6.45, 7) is -2.46. The molecule has 6 heterocycles. The summed E-state index contributed by atoms with van der Waals surface area (Å²) < 4.78 is 124. The summed E-state index contributed by atoms with van der Waals surface area (Å²) in [5.41, 5.74) is 0. The Morgan fingerprint density at radius 3 is 1.53 bits per heavy atom. The lowest BCUT2D eigenvalue weighted by Gasteiger charge is -2.47. The third-order valence-corrected chi connectivity index (χ3v) is 10.0. The molecule has 6 aliphatic heterocycles. The monoisotopic (exact) mass is 790 g/mol. The molecule has 4 bridgehead atoms. The van der Waals surface area contributed by atoms with E-state index in [0.717, 1.165) is 0 Å². The fraction of sp³-hybridized carbons (Fsp3) is 1.00. The molecule has 27 heteroatoms. The van der Waals surface area contributed by atoms with Gasteiger partial charge in [0.2, 0.25) is 0 Å². The molecule has 0 unspecified atom stereocenters. The van der Waals surface area contributed by atoms with E-state index in [1.165, 1.54) is 0 Å². The molecule has 10 N–H and O–H groups in total. The second-order valence-corrected chi connectivity index (χ2v) is 14.5. The number of aliphatic hydroxyl groups is 8.